The van der Waals surface area contributed by atoms with Crippen molar-refractivity contribution >= 4 is 11.9 Å². The quantitative estimate of drug-likeness (QED) is 0.718. The Morgan fingerprint density at radius 3 is 2.88 bits per heavy atom. The molecule has 1 unspecified atom stereocenters. The van der Waals surface area contributed by atoms with E-state index < -0.39 is 0 Å². The predicted octanol–water partition coefficient (Wildman–Crippen LogP) is -0.252. The van der Waals surface area contributed by atoms with Gasteiger partial charge < -0.3 is 9.64 Å². The highest BCUT2D eigenvalue weighted by Gasteiger charge is 2.33. The second kappa shape index (κ2) is 4.52. The molecule has 92 valence electrons. The van der Waals surface area contributed by atoms with Crippen LogP contribution in [0.1, 0.15) is 22.9 Å². The van der Waals surface area contributed by atoms with Crippen LogP contribution in [-0.2, 0) is 9.53 Å². The number of H-pyrrole nitrogens is 1. The molecule has 1 saturated heterocycles. The number of amides is 1. The van der Waals surface area contributed by atoms with Gasteiger partial charge in [0.2, 0.25) is 5.82 Å². The molecule has 1 aliphatic heterocycles. The smallest absolute Gasteiger partial charge is 0.310 e. The zero-order chi connectivity index (χ0) is 12.4. The van der Waals surface area contributed by atoms with E-state index in [1.54, 1.807) is 11.8 Å². The Kier molecular flexibility index (Phi) is 3.08. The van der Waals surface area contributed by atoms with Crippen LogP contribution in [0.2, 0.25) is 0 Å². The third-order valence-corrected chi connectivity index (χ3v) is 2.80. The first kappa shape index (κ1) is 11.6. The topological polar surface area (TPSA) is 88.2 Å². The average molecular weight is 238 g/mol. The standard InChI is InChI=1S/C10H14N4O3/c1-6-11-8(13-12-6)9(15)14-4-3-7(5-14)10(16)17-2/h7H,3-5H2,1-2H3,(H,11,12,13). The molecular weight excluding hydrogens is 224 g/mol. The molecule has 1 N–H and O–H groups in total. The molecule has 7 nitrogen and oxygen atoms in total. The van der Waals surface area contributed by atoms with Crippen molar-refractivity contribution in [3.8, 4) is 0 Å². The third-order valence-electron chi connectivity index (χ3n) is 2.80. The Labute approximate surface area is 98.2 Å². The summed E-state index contributed by atoms with van der Waals surface area (Å²) in [6.07, 6.45) is 0.627. The molecule has 1 aromatic heterocycles. The van der Waals surface area contributed by atoms with E-state index in [2.05, 4.69) is 19.9 Å². The Hall–Kier alpha value is -1.92. The van der Waals surface area contributed by atoms with E-state index in [1.165, 1.54) is 7.11 Å². The zero-order valence-electron chi connectivity index (χ0n) is 9.77. The van der Waals surface area contributed by atoms with Gasteiger partial charge in [0.1, 0.15) is 5.82 Å². The van der Waals surface area contributed by atoms with Crippen molar-refractivity contribution < 1.29 is 14.3 Å². The zero-order valence-corrected chi connectivity index (χ0v) is 9.77. The van der Waals surface area contributed by atoms with Crippen LogP contribution < -0.4 is 0 Å². The molecule has 1 amide bonds. The van der Waals surface area contributed by atoms with Crippen LogP contribution in [0.15, 0.2) is 0 Å². The number of esters is 1. The number of aryl methyl sites for hydroxylation is 1. The van der Waals surface area contributed by atoms with Crippen LogP contribution in [0.4, 0.5) is 0 Å². The number of aromatic amines is 1. The number of methoxy groups -OCH3 is 1. The maximum Gasteiger partial charge on any atom is 0.310 e. The van der Waals surface area contributed by atoms with Crippen molar-refractivity contribution in [1.29, 1.82) is 0 Å². The van der Waals surface area contributed by atoms with Crippen molar-refractivity contribution in [1.82, 2.24) is 20.1 Å². The lowest BCUT2D eigenvalue weighted by Gasteiger charge is -2.13. The van der Waals surface area contributed by atoms with Crippen molar-refractivity contribution in [3.63, 3.8) is 0 Å². The lowest BCUT2D eigenvalue weighted by atomic mass is 10.1. The highest BCUT2D eigenvalue weighted by atomic mass is 16.5. The second-order valence-electron chi connectivity index (χ2n) is 4.00. The molecule has 1 fully saturated rings. The lowest BCUT2D eigenvalue weighted by molar-refractivity contribution is -0.144. The summed E-state index contributed by atoms with van der Waals surface area (Å²) in [6.45, 7) is 2.64. The number of carbonyl (C=O) groups is 2. The number of hydrogen-bond acceptors (Lipinski definition) is 5. The van der Waals surface area contributed by atoms with Gasteiger partial charge in [-0.25, -0.2) is 4.98 Å². The average Bonchev–Trinajstić information content (AvgIpc) is 2.95. The van der Waals surface area contributed by atoms with E-state index in [9.17, 15) is 9.59 Å². The van der Waals surface area contributed by atoms with Gasteiger partial charge in [-0.3, -0.25) is 14.7 Å². The van der Waals surface area contributed by atoms with E-state index in [1.807, 2.05) is 0 Å². The third kappa shape index (κ3) is 2.27. The molecular formula is C10H14N4O3. The summed E-state index contributed by atoms with van der Waals surface area (Å²) >= 11 is 0. The molecule has 0 saturated carbocycles. The van der Waals surface area contributed by atoms with Gasteiger partial charge in [0.15, 0.2) is 0 Å². The molecule has 1 aliphatic rings. The van der Waals surface area contributed by atoms with E-state index in [0.717, 1.165) is 0 Å². The summed E-state index contributed by atoms with van der Waals surface area (Å²) in [7, 11) is 1.35. The second-order valence-corrected chi connectivity index (χ2v) is 4.00. The minimum absolute atomic E-state index is 0.146. The number of ether oxygens (including phenoxy) is 1. The normalized spacial score (nSPS) is 19.4. The van der Waals surface area contributed by atoms with Crippen LogP contribution in [0.5, 0.6) is 0 Å². The molecule has 17 heavy (non-hydrogen) atoms. The number of rotatable bonds is 2. The van der Waals surface area contributed by atoms with Gasteiger partial charge >= 0.3 is 5.97 Å². The highest BCUT2D eigenvalue weighted by Crippen LogP contribution is 2.18. The molecule has 1 atom stereocenters. The van der Waals surface area contributed by atoms with Crippen molar-refractivity contribution in [2.45, 2.75) is 13.3 Å². The minimum Gasteiger partial charge on any atom is -0.469 e. The summed E-state index contributed by atoms with van der Waals surface area (Å²) in [5, 5.41) is 6.42. The fourth-order valence-corrected chi connectivity index (χ4v) is 1.88. The summed E-state index contributed by atoms with van der Waals surface area (Å²) in [5.41, 5.74) is 0. The monoisotopic (exact) mass is 238 g/mol. The molecule has 2 heterocycles. The Bertz CT molecular complexity index is 443. The largest absolute Gasteiger partial charge is 0.469 e. The fraction of sp³-hybridized carbons (Fsp3) is 0.600. The highest BCUT2D eigenvalue weighted by molar-refractivity contribution is 5.91. The van der Waals surface area contributed by atoms with Gasteiger partial charge in [-0.05, 0) is 13.3 Å². The SMILES string of the molecule is COC(=O)C1CCN(C(=O)c2n[nH]c(C)n2)C1. The van der Waals surface area contributed by atoms with Gasteiger partial charge in [0.25, 0.3) is 5.91 Å². The van der Waals surface area contributed by atoms with E-state index in [-0.39, 0.29) is 23.6 Å². The molecule has 0 aromatic carbocycles. The first-order chi connectivity index (χ1) is 8.11. The lowest BCUT2D eigenvalue weighted by Crippen LogP contribution is -2.31. The molecule has 1 aromatic rings. The van der Waals surface area contributed by atoms with Crippen LogP contribution in [0.3, 0.4) is 0 Å². The van der Waals surface area contributed by atoms with Crippen LogP contribution in [0, 0.1) is 12.8 Å². The van der Waals surface area contributed by atoms with Crippen LogP contribution >= 0.6 is 0 Å². The summed E-state index contributed by atoms with van der Waals surface area (Å²) in [4.78, 5) is 28.8. The maximum absolute atomic E-state index is 11.9. The molecule has 7 heteroatoms. The number of nitrogens with one attached hydrogen (secondary N) is 1. The summed E-state index contributed by atoms with van der Waals surface area (Å²) in [6, 6.07) is 0. The first-order valence-corrected chi connectivity index (χ1v) is 5.38. The number of aromatic nitrogens is 3. The van der Waals surface area contributed by atoms with Crippen molar-refractivity contribution in [2.24, 2.45) is 5.92 Å². The van der Waals surface area contributed by atoms with Gasteiger partial charge in [0, 0.05) is 13.1 Å². The number of carbonyl (C=O) groups excluding carboxylic acids is 2. The Morgan fingerprint density at radius 1 is 1.53 bits per heavy atom. The number of likely N-dealkylation sites (tertiary alicyclic amines) is 1. The Balaban J connectivity index is 2.01. The number of hydrogen-bond donors (Lipinski definition) is 1. The van der Waals surface area contributed by atoms with Crippen molar-refractivity contribution in [2.75, 3.05) is 20.2 Å². The Morgan fingerprint density at radius 2 is 2.29 bits per heavy atom. The van der Waals surface area contributed by atoms with Crippen LogP contribution in [-0.4, -0.2) is 52.2 Å². The molecule has 0 spiro atoms. The van der Waals surface area contributed by atoms with E-state index in [4.69, 9.17) is 0 Å². The molecule has 0 aliphatic carbocycles. The summed E-state index contributed by atoms with van der Waals surface area (Å²) in [5.74, 6) is -0.0127. The van der Waals surface area contributed by atoms with Gasteiger partial charge in [-0.15, -0.1) is 5.10 Å². The first-order valence-electron chi connectivity index (χ1n) is 5.38. The number of nitrogens with zero attached hydrogens (tertiary/aromatic N) is 3. The van der Waals surface area contributed by atoms with Gasteiger partial charge in [-0.1, -0.05) is 0 Å². The van der Waals surface area contributed by atoms with E-state index in [0.29, 0.717) is 25.3 Å². The molecule has 0 bridgehead atoms. The van der Waals surface area contributed by atoms with Gasteiger partial charge in [0.05, 0.1) is 13.0 Å². The van der Waals surface area contributed by atoms with Gasteiger partial charge in [-0.2, -0.15) is 0 Å². The summed E-state index contributed by atoms with van der Waals surface area (Å²) < 4.78 is 4.66. The van der Waals surface area contributed by atoms with Crippen molar-refractivity contribution in [3.05, 3.63) is 11.6 Å². The maximum atomic E-state index is 11.9. The van der Waals surface area contributed by atoms with E-state index >= 15 is 0 Å². The molecule has 2 rings (SSSR count). The fourth-order valence-electron chi connectivity index (χ4n) is 1.88. The minimum atomic E-state index is -0.272. The van der Waals surface area contributed by atoms with Crippen LogP contribution in [0.25, 0.3) is 0 Å². The molecule has 0 radical (unpaired) electrons. The predicted molar refractivity (Wildman–Crippen MR) is 57.1 cm³/mol.